The maximum atomic E-state index is 12.3. The van der Waals surface area contributed by atoms with Crippen molar-refractivity contribution >= 4 is 17.5 Å². The van der Waals surface area contributed by atoms with E-state index in [0.717, 1.165) is 5.75 Å². The Kier molecular flexibility index (Phi) is 6.64. The molecule has 0 aromatic heterocycles. The lowest BCUT2D eigenvalue weighted by Crippen LogP contribution is -2.58. The van der Waals surface area contributed by atoms with Crippen LogP contribution in [0.5, 0.6) is 11.5 Å². The lowest BCUT2D eigenvalue weighted by Gasteiger charge is -2.38. The van der Waals surface area contributed by atoms with Gasteiger partial charge in [-0.3, -0.25) is 15.0 Å². The van der Waals surface area contributed by atoms with Crippen LogP contribution in [0.4, 0.5) is 0 Å². The van der Waals surface area contributed by atoms with Gasteiger partial charge in [-0.2, -0.15) is 0 Å². The quantitative estimate of drug-likeness (QED) is 0.465. The predicted molar refractivity (Wildman–Crippen MR) is 116 cm³/mol. The van der Waals surface area contributed by atoms with Gasteiger partial charge in [-0.15, -0.1) is 0 Å². The minimum Gasteiger partial charge on any atom is -0.457 e. The summed E-state index contributed by atoms with van der Waals surface area (Å²) in [5.41, 5.74) is 0.887. The van der Waals surface area contributed by atoms with Gasteiger partial charge in [-0.05, 0) is 42.5 Å². The topological polar surface area (TPSA) is 94.5 Å². The van der Waals surface area contributed by atoms with Crippen LogP contribution in [-0.4, -0.2) is 48.6 Å². The van der Waals surface area contributed by atoms with Gasteiger partial charge >= 0.3 is 0 Å². The van der Waals surface area contributed by atoms with Crippen molar-refractivity contribution in [1.82, 2.24) is 15.5 Å². The summed E-state index contributed by atoms with van der Waals surface area (Å²) in [5.74, 6) is 0.882. The minimum absolute atomic E-state index is 0.0306. The Hall–Kier alpha value is -3.87. The number of likely N-dealkylation sites (tertiary alicyclic amines) is 1. The molecule has 1 aliphatic heterocycles. The van der Waals surface area contributed by atoms with Crippen molar-refractivity contribution in [1.29, 1.82) is 5.41 Å². The minimum atomic E-state index is -0.365. The first-order valence-electron chi connectivity index (χ1n) is 9.53. The normalized spacial score (nSPS) is 13.8. The fourth-order valence-electron chi connectivity index (χ4n) is 2.95. The zero-order valence-corrected chi connectivity index (χ0v) is 16.7. The van der Waals surface area contributed by atoms with E-state index >= 15 is 0 Å². The molecule has 0 saturated carbocycles. The van der Waals surface area contributed by atoms with E-state index in [4.69, 9.17) is 10.1 Å². The summed E-state index contributed by atoms with van der Waals surface area (Å²) in [6.07, 6.45) is 2.82. The van der Waals surface area contributed by atoms with Crippen LogP contribution in [0, 0.1) is 5.41 Å². The molecular weight excluding hydrogens is 380 g/mol. The van der Waals surface area contributed by atoms with Crippen LogP contribution in [0.3, 0.4) is 0 Å². The first kappa shape index (κ1) is 20.9. The molecular formula is C23H24N4O3. The molecule has 0 atom stereocenters. The average Bonchev–Trinajstić information content (AvgIpc) is 2.75. The Labute approximate surface area is 175 Å². The summed E-state index contributed by atoms with van der Waals surface area (Å²) in [4.78, 5) is 25.5. The van der Waals surface area contributed by atoms with Gasteiger partial charge in [0.1, 0.15) is 11.5 Å². The molecule has 2 aromatic carbocycles. The third-order valence-electron chi connectivity index (χ3n) is 4.69. The second-order valence-corrected chi connectivity index (χ2v) is 6.76. The molecule has 0 radical (unpaired) electrons. The summed E-state index contributed by atoms with van der Waals surface area (Å²) in [7, 11) is 1.52. The molecule has 1 aliphatic rings. The van der Waals surface area contributed by atoms with Crippen LogP contribution < -0.4 is 15.4 Å². The standard InChI is InChI=1S/C23H24N4O3/c1-3-21(28)27-14-17(15-27)26-13-20(23(29)25-2)22(24)16-9-11-19(12-10-16)30-18-7-5-4-6-8-18/h3-13,17,24,26H,1,14-15H2,2H3,(H,25,29)/b20-13+,24-22?. The molecule has 3 rings (SSSR count). The van der Waals surface area contributed by atoms with E-state index in [2.05, 4.69) is 17.2 Å². The number of benzene rings is 2. The van der Waals surface area contributed by atoms with E-state index in [1.807, 2.05) is 30.3 Å². The van der Waals surface area contributed by atoms with Crippen molar-refractivity contribution in [2.24, 2.45) is 0 Å². The largest absolute Gasteiger partial charge is 0.457 e. The molecule has 2 aromatic rings. The van der Waals surface area contributed by atoms with Crippen molar-refractivity contribution in [3.8, 4) is 11.5 Å². The number of likely N-dealkylation sites (N-methyl/N-ethyl adjacent to an activating group) is 1. The highest BCUT2D eigenvalue weighted by atomic mass is 16.5. The molecule has 7 heteroatoms. The highest BCUT2D eigenvalue weighted by molar-refractivity contribution is 6.26. The number of hydrogen-bond acceptors (Lipinski definition) is 5. The average molecular weight is 404 g/mol. The number of rotatable bonds is 8. The Morgan fingerprint density at radius 1 is 1.10 bits per heavy atom. The van der Waals surface area contributed by atoms with Crippen LogP contribution in [0.2, 0.25) is 0 Å². The van der Waals surface area contributed by atoms with Gasteiger partial charge in [0.15, 0.2) is 0 Å². The zero-order chi connectivity index (χ0) is 21.5. The van der Waals surface area contributed by atoms with E-state index in [9.17, 15) is 9.59 Å². The third-order valence-corrected chi connectivity index (χ3v) is 4.69. The Bertz CT molecular complexity index is 962. The summed E-state index contributed by atoms with van der Waals surface area (Å²) < 4.78 is 5.77. The molecule has 1 fully saturated rings. The van der Waals surface area contributed by atoms with Crippen molar-refractivity contribution in [2.45, 2.75) is 6.04 Å². The molecule has 1 heterocycles. The number of ether oxygens (including phenoxy) is 1. The maximum Gasteiger partial charge on any atom is 0.254 e. The van der Waals surface area contributed by atoms with Crippen molar-refractivity contribution in [2.75, 3.05) is 20.1 Å². The summed E-state index contributed by atoms with van der Waals surface area (Å²) in [6.45, 7) is 4.53. The van der Waals surface area contributed by atoms with Gasteiger partial charge in [0.05, 0.1) is 17.3 Å². The fraction of sp³-hybridized carbons (Fsp3) is 0.174. The van der Waals surface area contributed by atoms with E-state index < -0.39 is 0 Å². The van der Waals surface area contributed by atoms with Gasteiger partial charge in [0, 0.05) is 31.9 Å². The van der Waals surface area contributed by atoms with Crippen molar-refractivity contribution < 1.29 is 14.3 Å². The van der Waals surface area contributed by atoms with Crippen LogP contribution in [0.15, 0.2) is 79.0 Å². The van der Waals surface area contributed by atoms with Gasteiger partial charge in [0.25, 0.3) is 5.91 Å². The number of nitrogens with one attached hydrogen (secondary N) is 3. The zero-order valence-electron chi connectivity index (χ0n) is 16.7. The van der Waals surface area contributed by atoms with E-state index in [1.54, 1.807) is 29.2 Å². The first-order chi connectivity index (χ1) is 14.5. The maximum absolute atomic E-state index is 12.3. The third kappa shape index (κ3) is 4.94. The van der Waals surface area contributed by atoms with Crippen LogP contribution in [0.25, 0.3) is 0 Å². The lowest BCUT2D eigenvalue weighted by atomic mass is 10.0. The molecule has 2 amide bonds. The smallest absolute Gasteiger partial charge is 0.254 e. The molecule has 7 nitrogen and oxygen atoms in total. The number of carbonyl (C=O) groups excluding carboxylic acids is 2. The molecule has 0 unspecified atom stereocenters. The van der Waals surface area contributed by atoms with Crippen molar-refractivity contribution in [3.63, 3.8) is 0 Å². The Morgan fingerprint density at radius 3 is 2.33 bits per heavy atom. The number of carbonyl (C=O) groups is 2. The molecule has 0 spiro atoms. The predicted octanol–water partition coefficient (Wildman–Crippen LogP) is 2.46. The van der Waals surface area contributed by atoms with Gasteiger partial charge < -0.3 is 20.3 Å². The summed E-state index contributed by atoms with van der Waals surface area (Å²) in [5, 5.41) is 14.2. The Balaban J connectivity index is 1.67. The van der Waals surface area contributed by atoms with E-state index in [-0.39, 0.29) is 29.1 Å². The number of hydrogen-bond donors (Lipinski definition) is 3. The van der Waals surface area contributed by atoms with E-state index in [1.165, 1.54) is 19.3 Å². The molecule has 1 saturated heterocycles. The van der Waals surface area contributed by atoms with Crippen LogP contribution >= 0.6 is 0 Å². The molecule has 0 bridgehead atoms. The highest BCUT2D eigenvalue weighted by Gasteiger charge is 2.28. The van der Waals surface area contributed by atoms with Crippen molar-refractivity contribution in [3.05, 3.63) is 84.6 Å². The summed E-state index contributed by atoms with van der Waals surface area (Å²) in [6, 6.07) is 16.4. The second-order valence-electron chi connectivity index (χ2n) is 6.76. The highest BCUT2D eigenvalue weighted by Crippen LogP contribution is 2.22. The van der Waals surface area contributed by atoms with Gasteiger partial charge in [0.2, 0.25) is 5.91 Å². The lowest BCUT2D eigenvalue weighted by molar-refractivity contribution is -0.130. The number of amides is 2. The van der Waals surface area contributed by atoms with Gasteiger partial charge in [-0.25, -0.2) is 0 Å². The number of nitrogens with zero attached hydrogens (tertiary/aromatic N) is 1. The second kappa shape index (κ2) is 9.56. The SMILES string of the molecule is C=CC(=O)N1CC(N/C=C(\C(=N)c2ccc(Oc3ccccc3)cc2)C(=O)NC)C1. The molecule has 154 valence electrons. The Morgan fingerprint density at radius 2 is 1.73 bits per heavy atom. The van der Waals surface area contributed by atoms with Crippen LogP contribution in [0.1, 0.15) is 5.56 Å². The molecule has 30 heavy (non-hydrogen) atoms. The van der Waals surface area contributed by atoms with Crippen LogP contribution in [-0.2, 0) is 9.59 Å². The van der Waals surface area contributed by atoms with E-state index in [0.29, 0.717) is 24.4 Å². The summed E-state index contributed by atoms with van der Waals surface area (Å²) >= 11 is 0. The first-order valence-corrected chi connectivity index (χ1v) is 9.53. The fourth-order valence-corrected chi connectivity index (χ4v) is 2.95. The molecule has 3 N–H and O–H groups in total. The number of para-hydroxylation sites is 1. The molecule has 0 aliphatic carbocycles. The monoisotopic (exact) mass is 404 g/mol. The van der Waals surface area contributed by atoms with Gasteiger partial charge in [-0.1, -0.05) is 24.8 Å².